The molecule has 0 atom stereocenters. The van der Waals surface area contributed by atoms with E-state index in [1.165, 1.54) is 0 Å². The van der Waals surface area contributed by atoms with Crippen molar-refractivity contribution in [1.29, 1.82) is 0 Å². The first kappa shape index (κ1) is 15.4. The molecule has 0 aliphatic heterocycles. The molecular weight excluding hydrogens is 294 g/mol. The quantitative estimate of drug-likeness (QED) is 0.608. The maximum absolute atomic E-state index is 13.6. The Kier molecular flexibility index (Phi) is 4.78. The highest BCUT2D eigenvalue weighted by Gasteiger charge is 2.31. The van der Waals surface area contributed by atoms with Crippen LogP contribution >= 0.6 is 11.6 Å². The Morgan fingerprint density at radius 3 is 2.35 bits per heavy atom. The van der Waals surface area contributed by atoms with Crippen molar-refractivity contribution >= 4 is 17.3 Å². The van der Waals surface area contributed by atoms with E-state index in [0.717, 1.165) is 37.8 Å². The zero-order valence-corrected chi connectivity index (χ0v) is 11.6. The van der Waals surface area contributed by atoms with Crippen molar-refractivity contribution < 1.29 is 17.6 Å². The Morgan fingerprint density at radius 2 is 1.80 bits per heavy atom. The van der Waals surface area contributed by atoms with E-state index in [1.54, 1.807) is 0 Å². The van der Waals surface area contributed by atoms with Crippen LogP contribution in [0.2, 0.25) is 0 Å². The van der Waals surface area contributed by atoms with E-state index in [9.17, 15) is 17.6 Å². The van der Waals surface area contributed by atoms with Gasteiger partial charge in [-0.2, -0.15) is 13.2 Å². The lowest BCUT2D eigenvalue weighted by atomic mass is 9.89. The topological polar surface area (TPSA) is 12.0 Å². The van der Waals surface area contributed by atoms with Crippen LogP contribution in [0.5, 0.6) is 0 Å². The van der Waals surface area contributed by atoms with Gasteiger partial charge in [0, 0.05) is 11.9 Å². The van der Waals surface area contributed by atoms with Gasteiger partial charge in [0.05, 0.1) is 11.3 Å². The second kappa shape index (κ2) is 6.20. The number of rotatable bonds is 3. The third kappa shape index (κ3) is 4.01. The molecule has 1 aliphatic carbocycles. The van der Waals surface area contributed by atoms with Crippen molar-refractivity contribution in [3.8, 4) is 0 Å². The molecule has 1 nitrogen and oxygen atoms in total. The summed E-state index contributed by atoms with van der Waals surface area (Å²) < 4.78 is 50.9. The molecule has 0 unspecified atom stereocenters. The largest absolute Gasteiger partial charge is 0.416 e. The molecule has 0 amide bonds. The summed E-state index contributed by atoms with van der Waals surface area (Å²) in [7, 11) is 0. The molecule has 2 rings (SSSR count). The average Bonchev–Trinajstić information content (AvgIpc) is 2.38. The minimum Gasteiger partial charge on any atom is -0.382 e. The number of nitrogens with one attached hydrogen (secondary N) is 1. The summed E-state index contributed by atoms with van der Waals surface area (Å²) in [6.07, 6.45) is -0.724. The molecule has 1 fully saturated rings. The lowest BCUT2D eigenvalue weighted by Gasteiger charge is -2.25. The van der Waals surface area contributed by atoms with Gasteiger partial charge in [0.2, 0.25) is 0 Å². The van der Waals surface area contributed by atoms with E-state index in [4.69, 9.17) is 11.6 Å². The smallest absolute Gasteiger partial charge is 0.382 e. The van der Waals surface area contributed by atoms with Crippen LogP contribution in [0.1, 0.15) is 31.2 Å². The number of anilines is 1. The second-order valence-corrected chi connectivity index (χ2v) is 5.81. The second-order valence-electron chi connectivity index (χ2n) is 5.19. The van der Waals surface area contributed by atoms with Crippen LogP contribution in [-0.4, -0.2) is 11.9 Å². The molecule has 0 saturated heterocycles. The summed E-state index contributed by atoms with van der Waals surface area (Å²) in [4.78, 5) is 0. The number of hydrogen-bond donors (Lipinski definition) is 1. The Bertz CT molecular complexity index is 453. The van der Waals surface area contributed by atoms with E-state index in [2.05, 4.69) is 5.32 Å². The Hall–Kier alpha value is -0.970. The van der Waals surface area contributed by atoms with Crippen LogP contribution in [0.3, 0.4) is 0 Å². The molecule has 0 bridgehead atoms. The van der Waals surface area contributed by atoms with Crippen molar-refractivity contribution in [1.82, 2.24) is 0 Å². The Balaban J connectivity index is 1.93. The predicted octanol–water partition coefficient (Wildman–Crippen LogP) is 5.05. The zero-order valence-electron chi connectivity index (χ0n) is 10.8. The van der Waals surface area contributed by atoms with E-state index in [0.29, 0.717) is 18.5 Å². The predicted molar refractivity (Wildman–Crippen MR) is 71.5 cm³/mol. The third-order valence-corrected chi connectivity index (χ3v) is 4.09. The summed E-state index contributed by atoms with van der Waals surface area (Å²) in [5.74, 6) is -0.474. The standard InChI is InChI=1S/C14H16ClF4N/c15-11-4-1-9(2-5-11)8-20-13-6-3-10(7-12(13)16)14(17,18)19/h3,6-7,9,11,20H,1-2,4-5,8H2. The number of hydrogen-bond acceptors (Lipinski definition) is 1. The van der Waals surface area contributed by atoms with Crippen LogP contribution in [0.15, 0.2) is 18.2 Å². The van der Waals surface area contributed by atoms with Crippen LogP contribution in [0, 0.1) is 11.7 Å². The highest BCUT2D eigenvalue weighted by molar-refractivity contribution is 6.20. The van der Waals surface area contributed by atoms with Crippen molar-refractivity contribution in [2.45, 2.75) is 37.2 Å². The fraction of sp³-hybridized carbons (Fsp3) is 0.571. The molecule has 0 radical (unpaired) electrons. The average molecular weight is 310 g/mol. The van der Waals surface area contributed by atoms with E-state index >= 15 is 0 Å². The van der Waals surface area contributed by atoms with Crippen molar-refractivity contribution in [2.75, 3.05) is 11.9 Å². The number of halogens is 5. The summed E-state index contributed by atoms with van der Waals surface area (Å²) in [5.41, 5.74) is -0.853. The molecule has 1 aliphatic rings. The first-order valence-electron chi connectivity index (χ1n) is 6.61. The minimum atomic E-state index is -4.52. The van der Waals surface area contributed by atoms with Crippen LogP contribution < -0.4 is 5.32 Å². The van der Waals surface area contributed by atoms with Crippen molar-refractivity contribution in [2.24, 2.45) is 5.92 Å². The highest BCUT2D eigenvalue weighted by atomic mass is 35.5. The van der Waals surface area contributed by atoms with Gasteiger partial charge in [-0.1, -0.05) is 0 Å². The third-order valence-electron chi connectivity index (χ3n) is 3.65. The summed E-state index contributed by atoms with van der Waals surface area (Å²) in [6.45, 7) is 0.561. The van der Waals surface area contributed by atoms with E-state index in [-0.39, 0.29) is 11.1 Å². The van der Waals surface area contributed by atoms with Gasteiger partial charge in [-0.15, -0.1) is 11.6 Å². The maximum Gasteiger partial charge on any atom is 0.416 e. The molecule has 1 aromatic carbocycles. The van der Waals surface area contributed by atoms with Gasteiger partial charge >= 0.3 is 6.18 Å². The van der Waals surface area contributed by atoms with Gasteiger partial charge < -0.3 is 5.32 Å². The van der Waals surface area contributed by atoms with Gasteiger partial charge in [-0.25, -0.2) is 4.39 Å². The Morgan fingerprint density at radius 1 is 1.15 bits per heavy atom. The lowest BCUT2D eigenvalue weighted by Crippen LogP contribution is -2.21. The molecule has 1 N–H and O–H groups in total. The van der Waals surface area contributed by atoms with Gasteiger partial charge in [0.1, 0.15) is 5.82 Å². The molecular formula is C14H16ClF4N. The first-order chi connectivity index (χ1) is 9.36. The van der Waals surface area contributed by atoms with Crippen molar-refractivity contribution in [3.63, 3.8) is 0 Å². The van der Waals surface area contributed by atoms with Crippen LogP contribution in [0.4, 0.5) is 23.2 Å². The van der Waals surface area contributed by atoms with E-state index < -0.39 is 17.6 Å². The SMILES string of the molecule is Fc1cc(C(F)(F)F)ccc1NCC1CCC(Cl)CC1. The van der Waals surface area contributed by atoms with Gasteiger partial charge in [-0.05, 0) is 49.8 Å². The molecule has 1 saturated carbocycles. The maximum atomic E-state index is 13.6. The highest BCUT2D eigenvalue weighted by Crippen LogP contribution is 2.32. The molecule has 1 aromatic rings. The molecule has 0 spiro atoms. The molecule has 0 aromatic heterocycles. The van der Waals surface area contributed by atoms with Crippen LogP contribution in [-0.2, 0) is 6.18 Å². The summed E-state index contributed by atoms with van der Waals surface area (Å²) in [6, 6.07) is 2.56. The fourth-order valence-corrected chi connectivity index (χ4v) is 2.67. The molecule has 112 valence electrons. The van der Waals surface area contributed by atoms with Gasteiger partial charge in [0.25, 0.3) is 0 Å². The van der Waals surface area contributed by atoms with Crippen LogP contribution in [0.25, 0.3) is 0 Å². The molecule has 0 heterocycles. The lowest BCUT2D eigenvalue weighted by molar-refractivity contribution is -0.137. The number of benzene rings is 1. The minimum absolute atomic E-state index is 0.117. The molecule has 6 heteroatoms. The van der Waals surface area contributed by atoms with Crippen molar-refractivity contribution in [3.05, 3.63) is 29.6 Å². The molecule has 20 heavy (non-hydrogen) atoms. The zero-order chi connectivity index (χ0) is 14.8. The monoisotopic (exact) mass is 309 g/mol. The summed E-state index contributed by atoms with van der Waals surface area (Å²) >= 11 is 6.00. The summed E-state index contributed by atoms with van der Waals surface area (Å²) in [5, 5.41) is 3.11. The van der Waals surface area contributed by atoms with Gasteiger partial charge in [0.15, 0.2) is 0 Å². The first-order valence-corrected chi connectivity index (χ1v) is 7.04. The Labute approximate surface area is 120 Å². The normalized spacial score (nSPS) is 23.6. The van der Waals surface area contributed by atoms with Gasteiger partial charge in [-0.3, -0.25) is 0 Å². The van der Waals surface area contributed by atoms with E-state index in [1.807, 2.05) is 0 Å². The number of alkyl halides is 4. The fourth-order valence-electron chi connectivity index (χ4n) is 2.41.